The van der Waals surface area contributed by atoms with Crippen molar-refractivity contribution in [3.8, 4) is 0 Å². The van der Waals surface area contributed by atoms with Crippen LogP contribution in [0.5, 0.6) is 0 Å². The predicted octanol–water partition coefficient (Wildman–Crippen LogP) is 0.714. The molecule has 2 N–H and O–H groups in total. The molecule has 0 aliphatic carbocycles. The molecular weight excluding hydrogens is 254 g/mol. The Bertz CT molecular complexity index is 408. The summed E-state index contributed by atoms with van der Waals surface area (Å²) in [6, 6.07) is 7.73. The van der Waals surface area contributed by atoms with Gasteiger partial charge in [-0.15, -0.1) is 0 Å². The highest BCUT2D eigenvalue weighted by atomic mass is 16.5. The van der Waals surface area contributed by atoms with Gasteiger partial charge >= 0.3 is 0 Å². The Kier molecular flexibility index (Phi) is 7.87. The second-order valence-corrected chi connectivity index (χ2v) is 4.94. The maximum atomic E-state index is 12.0. The zero-order valence-corrected chi connectivity index (χ0v) is 12.6. The van der Waals surface area contributed by atoms with Gasteiger partial charge in [-0.2, -0.15) is 0 Å². The zero-order valence-electron chi connectivity index (χ0n) is 12.6. The van der Waals surface area contributed by atoms with E-state index in [9.17, 15) is 4.79 Å². The summed E-state index contributed by atoms with van der Waals surface area (Å²) in [5.74, 6) is -0.0286. The molecule has 0 heterocycles. The van der Waals surface area contributed by atoms with Gasteiger partial charge in [0.2, 0.25) is 0 Å². The summed E-state index contributed by atoms with van der Waals surface area (Å²) >= 11 is 0. The van der Waals surface area contributed by atoms with E-state index in [1.807, 2.05) is 38.4 Å². The van der Waals surface area contributed by atoms with Gasteiger partial charge in [0.1, 0.15) is 0 Å². The zero-order chi connectivity index (χ0) is 14.8. The van der Waals surface area contributed by atoms with Gasteiger partial charge in [0, 0.05) is 38.9 Å². The van der Waals surface area contributed by atoms with Crippen LogP contribution in [0.3, 0.4) is 0 Å². The summed E-state index contributed by atoms with van der Waals surface area (Å²) in [4.78, 5) is 14.1. The first-order valence-corrected chi connectivity index (χ1v) is 6.85. The molecule has 1 aromatic rings. The maximum absolute atomic E-state index is 12.0. The number of hydrogen-bond donors (Lipinski definition) is 2. The lowest BCUT2D eigenvalue weighted by atomic mass is 10.1. The first-order chi connectivity index (χ1) is 9.63. The highest BCUT2D eigenvalue weighted by Crippen LogP contribution is 2.06. The molecule has 0 radical (unpaired) electrons. The molecule has 0 atom stereocenters. The van der Waals surface area contributed by atoms with Crippen molar-refractivity contribution < 1.29 is 9.53 Å². The molecule has 0 saturated carbocycles. The highest BCUT2D eigenvalue weighted by Gasteiger charge is 2.05. The molecule has 1 rings (SSSR count). The Balaban J connectivity index is 2.35. The van der Waals surface area contributed by atoms with E-state index < -0.39 is 0 Å². The Morgan fingerprint density at radius 3 is 2.75 bits per heavy atom. The smallest absolute Gasteiger partial charge is 0.251 e. The predicted molar refractivity (Wildman–Crippen MR) is 80.9 cm³/mol. The summed E-state index contributed by atoms with van der Waals surface area (Å²) in [5.41, 5.74) is 1.85. The van der Waals surface area contributed by atoms with Gasteiger partial charge in [-0.3, -0.25) is 4.79 Å². The number of hydrogen-bond acceptors (Lipinski definition) is 4. The van der Waals surface area contributed by atoms with E-state index in [2.05, 4.69) is 15.5 Å². The molecule has 112 valence electrons. The van der Waals surface area contributed by atoms with Crippen molar-refractivity contribution in [2.75, 3.05) is 47.4 Å². The van der Waals surface area contributed by atoms with Crippen LogP contribution in [-0.4, -0.2) is 58.3 Å². The van der Waals surface area contributed by atoms with E-state index in [0.717, 1.165) is 25.2 Å². The summed E-state index contributed by atoms with van der Waals surface area (Å²) in [5, 5.41) is 6.08. The number of ether oxygens (including phenoxy) is 1. The first-order valence-electron chi connectivity index (χ1n) is 6.85. The Hall–Kier alpha value is -1.43. The minimum atomic E-state index is -0.0286. The third-order valence-electron chi connectivity index (χ3n) is 2.76. The molecule has 0 spiro atoms. The Morgan fingerprint density at radius 2 is 2.05 bits per heavy atom. The molecule has 0 unspecified atom stereocenters. The lowest BCUT2D eigenvalue weighted by Crippen LogP contribution is -2.33. The second-order valence-electron chi connectivity index (χ2n) is 4.94. The van der Waals surface area contributed by atoms with E-state index in [1.165, 1.54) is 0 Å². The number of nitrogens with zero attached hydrogens (tertiary/aromatic N) is 1. The van der Waals surface area contributed by atoms with Gasteiger partial charge in [-0.25, -0.2) is 0 Å². The monoisotopic (exact) mass is 279 g/mol. The van der Waals surface area contributed by atoms with Crippen molar-refractivity contribution in [3.05, 3.63) is 35.4 Å². The lowest BCUT2D eigenvalue weighted by Gasteiger charge is -2.11. The first kappa shape index (κ1) is 16.6. The van der Waals surface area contributed by atoms with Gasteiger partial charge in [0.15, 0.2) is 0 Å². The molecule has 0 aromatic heterocycles. The van der Waals surface area contributed by atoms with Crippen LogP contribution in [0.1, 0.15) is 15.9 Å². The van der Waals surface area contributed by atoms with E-state index >= 15 is 0 Å². The number of carbonyl (C=O) groups excluding carboxylic acids is 1. The summed E-state index contributed by atoms with van der Waals surface area (Å²) in [6.45, 7) is 3.66. The summed E-state index contributed by atoms with van der Waals surface area (Å²) in [6.07, 6.45) is 0. The van der Waals surface area contributed by atoms with Crippen LogP contribution < -0.4 is 10.6 Å². The standard InChI is InChI=1S/C15H25N3O2/c1-18(2)12-13-5-4-6-14(11-13)15(19)17-8-7-16-9-10-20-3/h4-6,11,16H,7-10,12H2,1-3H3,(H,17,19). The molecule has 1 amide bonds. The number of benzene rings is 1. The van der Waals surface area contributed by atoms with Crippen molar-refractivity contribution in [1.29, 1.82) is 0 Å². The number of rotatable bonds is 9. The van der Waals surface area contributed by atoms with Gasteiger partial charge in [0.05, 0.1) is 6.61 Å². The number of methoxy groups -OCH3 is 1. The van der Waals surface area contributed by atoms with Crippen LogP contribution in [-0.2, 0) is 11.3 Å². The lowest BCUT2D eigenvalue weighted by molar-refractivity contribution is 0.0953. The van der Waals surface area contributed by atoms with Crippen LogP contribution in [0.25, 0.3) is 0 Å². The van der Waals surface area contributed by atoms with E-state index in [-0.39, 0.29) is 5.91 Å². The van der Waals surface area contributed by atoms with Crippen molar-refractivity contribution in [2.45, 2.75) is 6.54 Å². The molecule has 20 heavy (non-hydrogen) atoms. The normalized spacial score (nSPS) is 10.8. The molecule has 0 aliphatic heterocycles. The molecule has 1 aromatic carbocycles. The Labute approximate surface area is 121 Å². The van der Waals surface area contributed by atoms with Gasteiger partial charge in [-0.1, -0.05) is 12.1 Å². The van der Waals surface area contributed by atoms with Gasteiger partial charge < -0.3 is 20.3 Å². The van der Waals surface area contributed by atoms with E-state index in [4.69, 9.17) is 4.74 Å². The van der Waals surface area contributed by atoms with E-state index in [1.54, 1.807) is 7.11 Å². The van der Waals surface area contributed by atoms with Crippen molar-refractivity contribution in [2.24, 2.45) is 0 Å². The molecule has 0 saturated heterocycles. The van der Waals surface area contributed by atoms with Crippen molar-refractivity contribution in [1.82, 2.24) is 15.5 Å². The fraction of sp³-hybridized carbons (Fsp3) is 0.533. The van der Waals surface area contributed by atoms with Crippen molar-refractivity contribution >= 4 is 5.91 Å². The summed E-state index contributed by atoms with van der Waals surface area (Å²) < 4.78 is 4.93. The molecule has 0 bridgehead atoms. The van der Waals surface area contributed by atoms with Crippen LogP contribution >= 0.6 is 0 Å². The minimum absolute atomic E-state index is 0.0286. The molecular formula is C15H25N3O2. The third kappa shape index (κ3) is 6.65. The number of carbonyl (C=O) groups is 1. The average molecular weight is 279 g/mol. The van der Waals surface area contributed by atoms with Gasteiger partial charge in [0.25, 0.3) is 5.91 Å². The largest absolute Gasteiger partial charge is 0.383 e. The minimum Gasteiger partial charge on any atom is -0.383 e. The van der Waals surface area contributed by atoms with Crippen LogP contribution in [0.15, 0.2) is 24.3 Å². The fourth-order valence-electron chi connectivity index (χ4n) is 1.84. The molecule has 5 nitrogen and oxygen atoms in total. The topological polar surface area (TPSA) is 53.6 Å². The maximum Gasteiger partial charge on any atom is 0.251 e. The third-order valence-corrected chi connectivity index (χ3v) is 2.76. The Morgan fingerprint density at radius 1 is 1.25 bits per heavy atom. The second kappa shape index (κ2) is 9.47. The summed E-state index contributed by atoms with van der Waals surface area (Å²) in [7, 11) is 5.70. The van der Waals surface area contributed by atoms with Crippen molar-refractivity contribution in [3.63, 3.8) is 0 Å². The molecule has 0 fully saturated rings. The van der Waals surface area contributed by atoms with Gasteiger partial charge in [-0.05, 0) is 31.8 Å². The quantitative estimate of drug-likeness (QED) is 0.654. The molecule has 0 aliphatic rings. The van der Waals surface area contributed by atoms with Crippen LogP contribution in [0, 0.1) is 0 Å². The fourth-order valence-corrected chi connectivity index (χ4v) is 1.84. The van der Waals surface area contributed by atoms with Crippen LogP contribution in [0.4, 0.5) is 0 Å². The van der Waals surface area contributed by atoms with E-state index in [0.29, 0.717) is 18.7 Å². The molecule has 5 heteroatoms. The number of amides is 1. The highest BCUT2D eigenvalue weighted by molar-refractivity contribution is 5.94. The SMILES string of the molecule is COCCNCCNC(=O)c1cccc(CN(C)C)c1. The average Bonchev–Trinajstić information content (AvgIpc) is 2.42. The van der Waals surface area contributed by atoms with Crippen LogP contribution in [0.2, 0.25) is 0 Å². The number of nitrogens with one attached hydrogen (secondary N) is 2.